The third kappa shape index (κ3) is 5.22. The average molecular weight is 395 g/mol. The predicted molar refractivity (Wildman–Crippen MR) is 94.7 cm³/mol. The quantitative estimate of drug-likeness (QED) is 0.743. The monoisotopic (exact) mass is 395 g/mol. The summed E-state index contributed by atoms with van der Waals surface area (Å²) in [6.45, 7) is 4.29. The first-order valence-electron chi connectivity index (χ1n) is 8.87. The number of rotatable bonds is 6. The second kappa shape index (κ2) is 7.88. The van der Waals surface area contributed by atoms with Crippen LogP contribution in [0.4, 0.5) is 13.2 Å². The summed E-state index contributed by atoms with van der Waals surface area (Å²) in [4.78, 5) is 1.79. The molecule has 1 aliphatic carbocycles. The number of aryl methyl sites for hydroxylation is 2. The summed E-state index contributed by atoms with van der Waals surface area (Å²) >= 11 is 0. The van der Waals surface area contributed by atoms with E-state index < -0.39 is 28.0 Å². The van der Waals surface area contributed by atoms with Crippen LogP contribution in [-0.4, -0.2) is 54.4 Å². The summed E-state index contributed by atoms with van der Waals surface area (Å²) in [5, 5.41) is 4.38. The molecule has 9 heteroatoms. The normalized spacial score (nSPS) is 22.2. The number of nitrogens with zero attached hydrogens (tertiary/aromatic N) is 3. The molecule has 1 aromatic rings. The molecule has 1 aromatic heterocycles. The van der Waals surface area contributed by atoms with Crippen LogP contribution in [0.15, 0.2) is 0 Å². The summed E-state index contributed by atoms with van der Waals surface area (Å²) < 4.78 is 64.5. The van der Waals surface area contributed by atoms with Crippen LogP contribution >= 0.6 is 0 Å². The van der Waals surface area contributed by atoms with Gasteiger partial charge in [-0.1, -0.05) is 12.8 Å². The first-order chi connectivity index (χ1) is 11.9. The van der Waals surface area contributed by atoms with Crippen molar-refractivity contribution in [2.24, 2.45) is 5.92 Å². The van der Waals surface area contributed by atoms with Crippen molar-refractivity contribution < 1.29 is 21.6 Å². The van der Waals surface area contributed by atoms with Crippen LogP contribution in [-0.2, 0) is 22.9 Å². The number of sulfone groups is 1. The molecule has 1 heterocycles. The zero-order chi connectivity index (χ0) is 19.7. The van der Waals surface area contributed by atoms with Crippen LogP contribution < -0.4 is 0 Å². The Bertz CT molecular complexity index is 728. The zero-order valence-electron chi connectivity index (χ0n) is 15.8. The highest BCUT2D eigenvalue weighted by atomic mass is 32.2. The molecule has 26 heavy (non-hydrogen) atoms. The van der Waals surface area contributed by atoms with E-state index in [0.717, 1.165) is 23.4 Å². The zero-order valence-corrected chi connectivity index (χ0v) is 16.6. The Hall–Kier alpha value is -1.09. The molecule has 0 spiro atoms. The fourth-order valence-corrected chi connectivity index (χ4v) is 4.32. The van der Waals surface area contributed by atoms with E-state index in [4.69, 9.17) is 0 Å². The maximum Gasteiger partial charge on any atom is 0.393 e. The summed E-state index contributed by atoms with van der Waals surface area (Å²) in [6, 6.07) is -0.526. The van der Waals surface area contributed by atoms with Crippen molar-refractivity contribution in [1.29, 1.82) is 0 Å². The molecule has 0 saturated heterocycles. The van der Waals surface area contributed by atoms with Gasteiger partial charge in [0, 0.05) is 30.1 Å². The molecule has 5 nitrogen and oxygen atoms in total. The molecule has 2 atom stereocenters. The number of hydrogen-bond donors (Lipinski definition) is 0. The van der Waals surface area contributed by atoms with Crippen molar-refractivity contribution in [1.82, 2.24) is 14.7 Å². The molecular weight excluding hydrogens is 367 g/mol. The molecule has 1 aliphatic rings. The van der Waals surface area contributed by atoms with Gasteiger partial charge in [0.05, 0.1) is 23.9 Å². The Morgan fingerprint density at radius 3 is 2.42 bits per heavy atom. The predicted octanol–water partition coefficient (Wildman–Crippen LogP) is 3.10. The van der Waals surface area contributed by atoms with E-state index in [0.29, 0.717) is 19.4 Å². The molecular formula is C17H28F3N3O2S. The van der Waals surface area contributed by atoms with Gasteiger partial charge < -0.3 is 0 Å². The first kappa shape index (κ1) is 21.2. The molecule has 150 valence electrons. The Kier molecular flexibility index (Phi) is 6.43. The first-order valence-corrected chi connectivity index (χ1v) is 10.9. The van der Waals surface area contributed by atoms with Crippen LogP contribution in [0, 0.1) is 19.8 Å². The van der Waals surface area contributed by atoms with E-state index in [1.165, 1.54) is 6.26 Å². The number of hydrogen-bond acceptors (Lipinski definition) is 4. The lowest BCUT2D eigenvalue weighted by Crippen LogP contribution is -2.46. The lowest BCUT2D eigenvalue weighted by molar-refractivity contribution is -0.198. The van der Waals surface area contributed by atoms with Gasteiger partial charge in [0.25, 0.3) is 0 Å². The van der Waals surface area contributed by atoms with Crippen LogP contribution in [0.25, 0.3) is 0 Å². The van der Waals surface area contributed by atoms with Gasteiger partial charge in [0.2, 0.25) is 0 Å². The minimum absolute atomic E-state index is 0.0109. The molecule has 0 N–H and O–H groups in total. The van der Waals surface area contributed by atoms with E-state index >= 15 is 0 Å². The van der Waals surface area contributed by atoms with E-state index in [9.17, 15) is 21.6 Å². The minimum Gasteiger partial charge on any atom is -0.298 e. The fraction of sp³-hybridized carbons (Fsp3) is 0.824. The Labute approximate surface area is 153 Å². The third-order valence-corrected chi connectivity index (χ3v) is 6.25. The van der Waals surface area contributed by atoms with Crippen molar-refractivity contribution in [2.75, 3.05) is 19.1 Å². The maximum absolute atomic E-state index is 13.4. The maximum atomic E-state index is 13.4. The van der Waals surface area contributed by atoms with Gasteiger partial charge in [-0.25, -0.2) is 8.42 Å². The summed E-state index contributed by atoms with van der Waals surface area (Å²) in [5.41, 5.74) is 2.44. The van der Waals surface area contributed by atoms with Crippen molar-refractivity contribution in [3.05, 3.63) is 17.0 Å². The van der Waals surface area contributed by atoms with Gasteiger partial charge in [-0.2, -0.15) is 18.3 Å². The van der Waals surface area contributed by atoms with Gasteiger partial charge in [-0.15, -0.1) is 0 Å². The Morgan fingerprint density at radius 1 is 1.23 bits per heavy atom. The largest absolute Gasteiger partial charge is 0.393 e. The van der Waals surface area contributed by atoms with E-state index in [2.05, 4.69) is 5.10 Å². The highest BCUT2D eigenvalue weighted by Gasteiger charge is 2.46. The van der Waals surface area contributed by atoms with Crippen molar-refractivity contribution in [2.45, 2.75) is 64.8 Å². The van der Waals surface area contributed by atoms with Crippen molar-refractivity contribution in [3.63, 3.8) is 0 Å². The molecule has 1 saturated carbocycles. The molecule has 0 amide bonds. The number of halogens is 3. The number of alkyl halides is 3. The standard InChI is InChI=1S/C17H28F3N3O2S/c1-12-14(13(2)23(21-12)9-10-26(4,24)25)11-22(3)16-8-6-5-7-15(16)17(18,19)20/h15-16H,5-11H2,1-4H3/t15-,16+/m1/s1. The van der Waals surface area contributed by atoms with Crippen LogP contribution in [0.5, 0.6) is 0 Å². The average Bonchev–Trinajstić information content (AvgIpc) is 2.79. The SMILES string of the molecule is Cc1nn(CCS(C)(=O)=O)c(C)c1CN(C)[C@H]1CCCC[C@H]1C(F)(F)F. The second-order valence-corrected chi connectivity index (χ2v) is 9.68. The molecule has 2 rings (SSSR count). The van der Waals surface area contributed by atoms with E-state index in [1.54, 1.807) is 16.6 Å². The third-order valence-electron chi connectivity index (χ3n) is 5.33. The minimum atomic E-state index is -4.18. The molecule has 0 aromatic carbocycles. The van der Waals surface area contributed by atoms with Gasteiger partial charge >= 0.3 is 6.18 Å². The summed E-state index contributed by atoms with van der Waals surface area (Å²) in [6.07, 6.45) is -0.842. The van der Waals surface area contributed by atoms with Gasteiger partial charge in [-0.05, 0) is 33.7 Å². The van der Waals surface area contributed by atoms with Crippen molar-refractivity contribution >= 4 is 9.84 Å². The highest BCUT2D eigenvalue weighted by molar-refractivity contribution is 7.90. The second-order valence-electron chi connectivity index (χ2n) is 7.42. The topological polar surface area (TPSA) is 55.2 Å². The fourth-order valence-electron chi connectivity index (χ4n) is 3.82. The molecule has 1 fully saturated rings. The Balaban J connectivity index is 2.15. The van der Waals surface area contributed by atoms with Gasteiger partial charge in [-0.3, -0.25) is 9.58 Å². The van der Waals surface area contributed by atoms with Gasteiger partial charge in [0.1, 0.15) is 9.84 Å². The van der Waals surface area contributed by atoms with E-state index in [-0.39, 0.29) is 18.7 Å². The molecule has 0 radical (unpaired) electrons. The summed E-state index contributed by atoms with van der Waals surface area (Å²) in [7, 11) is -1.37. The highest BCUT2D eigenvalue weighted by Crippen LogP contribution is 2.40. The lowest BCUT2D eigenvalue weighted by atomic mass is 9.83. The van der Waals surface area contributed by atoms with Crippen LogP contribution in [0.2, 0.25) is 0 Å². The van der Waals surface area contributed by atoms with Crippen LogP contribution in [0.1, 0.15) is 42.6 Å². The number of aromatic nitrogens is 2. The smallest absolute Gasteiger partial charge is 0.298 e. The Morgan fingerprint density at radius 2 is 1.85 bits per heavy atom. The van der Waals surface area contributed by atoms with Crippen molar-refractivity contribution in [3.8, 4) is 0 Å². The van der Waals surface area contributed by atoms with E-state index in [1.807, 2.05) is 13.8 Å². The lowest BCUT2D eigenvalue weighted by Gasteiger charge is -2.39. The van der Waals surface area contributed by atoms with Crippen LogP contribution in [0.3, 0.4) is 0 Å². The van der Waals surface area contributed by atoms with Gasteiger partial charge in [0.15, 0.2) is 0 Å². The molecule has 0 bridgehead atoms. The molecule has 0 unspecified atom stereocenters. The molecule has 0 aliphatic heterocycles. The summed E-state index contributed by atoms with van der Waals surface area (Å²) in [5.74, 6) is -1.30.